The second-order valence-corrected chi connectivity index (χ2v) is 8.56. The van der Waals surface area contributed by atoms with Gasteiger partial charge in [0.05, 0.1) is 6.17 Å². The van der Waals surface area contributed by atoms with Crippen LogP contribution in [0.25, 0.3) is 10.8 Å². The number of halogens is 4. The Hall–Kier alpha value is -3.32. The van der Waals surface area contributed by atoms with Crippen molar-refractivity contribution in [2.75, 3.05) is 0 Å². The quantitative estimate of drug-likeness (QED) is 0.281. The van der Waals surface area contributed by atoms with Crippen molar-refractivity contribution < 1.29 is 17.6 Å². The van der Waals surface area contributed by atoms with Crippen molar-refractivity contribution in [1.29, 1.82) is 0 Å². The van der Waals surface area contributed by atoms with Crippen LogP contribution in [-0.2, 0) is 5.67 Å². The van der Waals surface area contributed by atoms with Crippen LogP contribution in [0.1, 0.15) is 43.4 Å². The first-order chi connectivity index (χ1) is 15.8. The van der Waals surface area contributed by atoms with Crippen LogP contribution in [0.15, 0.2) is 78.4 Å². The lowest BCUT2D eigenvalue weighted by Crippen LogP contribution is -2.30. The standard InChI is InChI=1S/C29H24F4/c1-19(17-20(2)30)25-9-5-6-16-29(25,33)28-23(14-13-22-7-3-4-8-24(22)28)12-10-21-11-15-26(31)27(32)18-21/h3-9,11,13-15,18-20H,16-17H2,1-2H3. The Morgan fingerprint density at radius 2 is 1.76 bits per heavy atom. The molecule has 4 rings (SSSR count). The molecule has 0 nitrogen and oxygen atoms in total. The van der Waals surface area contributed by atoms with Gasteiger partial charge in [-0.05, 0) is 59.9 Å². The first kappa shape index (κ1) is 22.9. The second kappa shape index (κ2) is 9.27. The topological polar surface area (TPSA) is 0 Å². The zero-order valence-corrected chi connectivity index (χ0v) is 18.5. The molecule has 3 aromatic carbocycles. The second-order valence-electron chi connectivity index (χ2n) is 8.56. The largest absolute Gasteiger partial charge is 0.248 e. The molecule has 0 N–H and O–H groups in total. The Kier molecular flexibility index (Phi) is 6.42. The maximum Gasteiger partial charge on any atom is 0.162 e. The molecule has 0 fully saturated rings. The van der Waals surface area contributed by atoms with Crippen LogP contribution >= 0.6 is 0 Å². The van der Waals surface area contributed by atoms with Crippen LogP contribution in [-0.4, -0.2) is 6.17 Å². The SMILES string of the molecule is CC(F)CC(C)C1=CC=CCC1(F)c1c(C#Cc2ccc(F)c(F)c2)ccc2ccccc12. The molecule has 0 bridgehead atoms. The normalized spacial score (nSPS) is 19.5. The lowest BCUT2D eigenvalue weighted by molar-refractivity contribution is 0.189. The maximum absolute atomic E-state index is 17.1. The molecule has 0 radical (unpaired) electrons. The molecule has 168 valence electrons. The number of benzene rings is 3. The van der Waals surface area contributed by atoms with E-state index < -0.39 is 23.5 Å². The van der Waals surface area contributed by atoms with Gasteiger partial charge in [0.15, 0.2) is 17.3 Å². The van der Waals surface area contributed by atoms with Crippen LogP contribution < -0.4 is 0 Å². The summed E-state index contributed by atoms with van der Waals surface area (Å²) in [5.41, 5.74) is -0.184. The zero-order chi connectivity index (χ0) is 23.6. The number of fused-ring (bicyclic) bond motifs is 1. The number of alkyl halides is 2. The van der Waals surface area contributed by atoms with Crippen LogP contribution in [0.3, 0.4) is 0 Å². The summed E-state index contributed by atoms with van der Waals surface area (Å²) < 4.78 is 57.8. The van der Waals surface area contributed by atoms with Gasteiger partial charge in [0.2, 0.25) is 0 Å². The molecule has 0 saturated heterocycles. The Bertz CT molecular complexity index is 1310. The highest BCUT2D eigenvalue weighted by atomic mass is 19.2. The van der Waals surface area contributed by atoms with E-state index >= 15 is 4.39 Å². The third kappa shape index (κ3) is 4.59. The van der Waals surface area contributed by atoms with Gasteiger partial charge < -0.3 is 0 Å². The van der Waals surface area contributed by atoms with Crippen molar-refractivity contribution in [3.8, 4) is 11.8 Å². The number of hydrogen-bond acceptors (Lipinski definition) is 0. The van der Waals surface area contributed by atoms with E-state index in [0.29, 0.717) is 22.3 Å². The minimum absolute atomic E-state index is 0.109. The van der Waals surface area contributed by atoms with Gasteiger partial charge in [0, 0.05) is 23.1 Å². The molecule has 3 aromatic rings. The van der Waals surface area contributed by atoms with Crippen LogP contribution in [0.5, 0.6) is 0 Å². The fourth-order valence-corrected chi connectivity index (χ4v) is 4.58. The molecular formula is C29H24F4. The monoisotopic (exact) mass is 448 g/mol. The summed E-state index contributed by atoms with van der Waals surface area (Å²) in [7, 11) is 0. The molecule has 33 heavy (non-hydrogen) atoms. The number of rotatable bonds is 4. The van der Waals surface area contributed by atoms with E-state index in [1.807, 2.05) is 43.3 Å². The summed E-state index contributed by atoms with van der Waals surface area (Å²) in [5, 5.41) is 1.59. The van der Waals surface area contributed by atoms with Gasteiger partial charge >= 0.3 is 0 Å². The Labute approximate surface area is 191 Å². The van der Waals surface area contributed by atoms with Gasteiger partial charge in [0.25, 0.3) is 0 Å². The first-order valence-corrected chi connectivity index (χ1v) is 11.0. The van der Waals surface area contributed by atoms with Crippen molar-refractivity contribution in [1.82, 2.24) is 0 Å². The minimum atomic E-state index is -1.87. The molecule has 0 aromatic heterocycles. The van der Waals surface area contributed by atoms with E-state index in [-0.39, 0.29) is 18.8 Å². The van der Waals surface area contributed by atoms with Crippen LogP contribution in [0.4, 0.5) is 17.6 Å². The predicted octanol–water partition coefficient (Wildman–Crippen LogP) is 7.95. The minimum Gasteiger partial charge on any atom is -0.248 e. The molecule has 0 heterocycles. The average molecular weight is 449 g/mol. The van der Waals surface area contributed by atoms with Crippen molar-refractivity contribution >= 4 is 10.8 Å². The predicted molar refractivity (Wildman–Crippen MR) is 125 cm³/mol. The van der Waals surface area contributed by atoms with E-state index in [0.717, 1.165) is 22.9 Å². The molecule has 3 atom stereocenters. The van der Waals surface area contributed by atoms with E-state index in [4.69, 9.17) is 0 Å². The maximum atomic E-state index is 17.1. The molecule has 0 amide bonds. The smallest absolute Gasteiger partial charge is 0.162 e. The highest BCUT2D eigenvalue weighted by Crippen LogP contribution is 2.48. The summed E-state index contributed by atoms with van der Waals surface area (Å²) in [6.07, 6.45) is 4.58. The highest BCUT2D eigenvalue weighted by molar-refractivity contribution is 5.89. The van der Waals surface area contributed by atoms with Gasteiger partial charge in [-0.25, -0.2) is 17.6 Å². The van der Waals surface area contributed by atoms with Gasteiger partial charge in [-0.1, -0.05) is 67.3 Å². The fourth-order valence-electron chi connectivity index (χ4n) is 4.58. The van der Waals surface area contributed by atoms with Gasteiger partial charge in [-0.3, -0.25) is 0 Å². The number of allylic oxidation sites excluding steroid dienone is 4. The third-order valence-corrected chi connectivity index (χ3v) is 6.06. The molecule has 1 aliphatic rings. The fraction of sp³-hybridized carbons (Fsp3) is 0.241. The van der Waals surface area contributed by atoms with Gasteiger partial charge in [-0.15, -0.1) is 0 Å². The summed E-state index contributed by atoms with van der Waals surface area (Å²) in [6, 6.07) is 14.5. The van der Waals surface area contributed by atoms with Crippen molar-refractivity contribution in [3.63, 3.8) is 0 Å². The van der Waals surface area contributed by atoms with E-state index in [9.17, 15) is 13.2 Å². The highest BCUT2D eigenvalue weighted by Gasteiger charge is 2.41. The van der Waals surface area contributed by atoms with Crippen LogP contribution in [0, 0.1) is 29.4 Å². The van der Waals surface area contributed by atoms with Crippen molar-refractivity contribution in [2.45, 2.75) is 38.5 Å². The Balaban J connectivity index is 1.90. The van der Waals surface area contributed by atoms with E-state index in [1.54, 1.807) is 18.2 Å². The molecule has 0 aliphatic heterocycles. The molecule has 0 spiro atoms. The first-order valence-electron chi connectivity index (χ1n) is 11.0. The van der Waals surface area contributed by atoms with E-state index in [2.05, 4.69) is 11.8 Å². The Morgan fingerprint density at radius 1 is 0.970 bits per heavy atom. The van der Waals surface area contributed by atoms with E-state index in [1.165, 1.54) is 13.0 Å². The Morgan fingerprint density at radius 3 is 2.52 bits per heavy atom. The van der Waals surface area contributed by atoms with Crippen molar-refractivity contribution in [2.24, 2.45) is 5.92 Å². The molecule has 1 aliphatic carbocycles. The summed E-state index contributed by atoms with van der Waals surface area (Å²) in [6.45, 7) is 3.32. The molecule has 0 saturated carbocycles. The lowest BCUT2D eigenvalue weighted by atomic mass is 9.73. The van der Waals surface area contributed by atoms with Gasteiger partial charge in [0.1, 0.15) is 0 Å². The van der Waals surface area contributed by atoms with Crippen LogP contribution in [0.2, 0.25) is 0 Å². The number of hydrogen-bond donors (Lipinski definition) is 0. The average Bonchev–Trinajstić information content (AvgIpc) is 2.79. The summed E-state index contributed by atoms with van der Waals surface area (Å²) >= 11 is 0. The third-order valence-electron chi connectivity index (χ3n) is 6.06. The van der Waals surface area contributed by atoms with Gasteiger partial charge in [-0.2, -0.15) is 0 Å². The summed E-state index contributed by atoms with van der Waals surface area (Å²) in [4.78, 5) is 0. The molecule has 3 unspecified atom stereocenters. The van der Waals surface area contributed by atoms with Crippen molar-refractivity contribution in [3.05, 3.63) is 107 Å². The molecular weight excluding hydrogens is 424 g/mol. The molecule has 4 heteroatoms. The zero-order valence-electron chi connectivity index (χ0n) is 18.5. The lowest BCUT2D eigenvalue weighted by Gasteiger charge is -2.35. The summed E-state index contributed by atoms with van der Waals surface area (Å²) in [5.74, 6) is 3.58.